The molecular formula is C27H31N3O3S. The van der Waals surface area contributed by atoms with E-state index in [0.717, 1.165) is 24.2 Å². The molecule has 0 aromatic heterocycles. The SMILES string of the molecule is Cc1ccc(NS(=O)(=O)c2cc(C(=O)NCc3ccc(N4CCCCC4)cc3)ccc2C)cc1. The number of rotatable bonds is 7. The van der Waals surface area contributed by atoms with Gasteiger partial charge < -0.3 is 10.2 Å². The van der Waals surface area contributed by atoms with Crippen molar-refractivity contribution in [3.05, 3.63) is 89.0 Å². The smallest absolute Gasteiger partial charge is 0.262 e. The second kappa shape index (κ2) is 10.3. The lowest BCUT2D eigenvalue weighted by molar-refractivity contribution is 0.0950. The zero-order chi connectivity index (χ0) is 24.1. The zero-order valence-electron chi connectivity index (χ0n) is 19.7. The van der Waals surface area contributed by atoms with Gasteiger partial charge in [0.2, 0.25) is 0 Å². The first-order chi connectivity index (χ1) is 16.3. The molecule has 0 aliphatic carbocycles. The highest BCUT2D eigenvalue weighted by atomic mass is 32.2. The lowest BCUT2D eigenvalue weighted by Crippen LogP contribution is -2.29. The molecule has 0 saturated carbocycles. The monoisotopic (exact) mass is 477 g/mol. The standard InChI is InChI=1S/C27H31N3O3S/c1-20-6-12-24(13-7-20)29-34(32,33)26-18-23(11-8-21(26)2)27(31)28-19-22-9-14-25(15-10-22)30-16-4-3-5-17-30/h6-15,18,29H,3-5,16-17,19H2,1-2H3,(H,28,31). The minimum absolute atomic E-state index is 0.0895. The average Bonchev–Trinajstić information content (AvgIpc) is 2.85. The number of aryl methyl sites for hydroxylation is 2. The molecule has 1 saturated heterocycles. The molecule has 34 heavy (non-hydrogen) atoms. The van der Waals surface area contributed by atoms with Crippen LogP contribution >= 0.6 is 0 Å². The number of nitrogens with zero attached hydrogens (tertiary/aromatic N) is 1. The summed E-state index contributed by atoms with van der Waals surface area (Å²) in [6, 6.07) is 20.1. The molecule has 0 unspecified atom stereocenters. The summed E-state index contributed by atoms with van der Waals surface area (Å²) < 4.78 is 28.5. The molecule has 178 valence electrons. The molecule has 1 aliphatic heterocycles. The first-order valence-corrected chi connectivity index (χ1v) is 13.1. The second-order valence-electron chi connectivity index (χ2n) is 8.85. The van der Waals surface area contributed by atoms with Gasteiger partial charge in [-0.25, -0.2) is 8.42 Å². The van der Waals surface area contributed by atoms with Crippen LogP contribution in [0.25, 0.3) is 0 Å². The fourth-order valence-electron chi connectivity index (χ4n) is 4.12. The lowest BCUT2D eigenvalue weighted by atomic mass is 10.1. The van der Waals surface area contributed by atoms with E-state index in [1.165, 1.54) is 31.0 Å². The number of piperidine rings is 1. The van der Waals surface area contributed by atoms with E-state index in [9.17, 15) is 13.2 Å². The van der Waals surface area contributed by atoms with Gasteiger partial charge in [-0.05, 0) is 80.6 Å². The maximum absolute atomic E-state index is 13.0. The van der Waals surface area contributed by atoms with Gasteiger partial charge in [0.15, 0.2) is 0 Å². The predicted molar refractivity (Wildman–Crippen MR) is 137 cm³/mol. The quantitative estimate of drug-likeness (QED) is 0.501. The molecule has 4 rings (SSSR count). The molecule has 0 bridgehead atoms. The van der Waals surface area contributed by atoms with Crippen molar-refractivity contribution < 1.29 is 13.2 Å². The van der Waals surface area contributed by atoms with Gasteiger partial charge in [-0.1, -0.05) is 35.9 Å². The summed E-state index contributed by atoms with van der Waals surface area (Å²) in [5.41, 5.74) is 4.61. The average molecular weight is 478 g/mol. The first-order valence-electron chi connectivity index (χ1n) is 11.6. The zero-order valence-corrected chi connectivity index (χ0v) is 20.5. The van der Waals surface area contributed by atoms with Gasteiger partial charge in [0.1, 0.15) is 0 Å². The second-order valence-corrected chi connectivity index (χ2v) is 10.5. The number of carbonyl (C=O) groups is 1. The number of carbonyl (C=O) groups excluding carboxylic acids is 1. The van der Waals surface area contributed by atoms with Crippen LogP contribution < -0.4 is 14.9 Å². The van der Waals surface area contributed by atoms with Crippen LogP contribution in [0.2, 0.25) is 0 Å². The molecule has 0 spiro atoms. The predicted octanol–water partition coefficient (Wildman–Crippen LogP) is 5.02. The molecule has 2 N–H and O–H groups in total. The molecule has 6 nitrogen and oxygen atoms in total. The summed E-state index contributed by atoms with van der Waals surface area (Å²) in [7, 11) is -3.83. The normalized spacial score (nSPS) is 14.0. The van der Waals surface area contributed by atoms with Crippen molar-refractivity contribution in [3.8, 4) is 0 Å². The molecule has 3 aromatic rings. The van der Waals surface area contributed by atoms with Gasteiger partial charge >= 0.3 is 0 Å². The summed E-state index contributed by atoms with van der Waals surface area (Å²) in [5, 5.41) is 2.90. The van der Waals surface area contributed by atoms with Crippen LogP contribution in [0.15, 0.2) is 71.6 Å². The van der Waals surface area contributed by atoms with E-state index in [1.54, 1.807) is 31.2 Å². The summed E-state index contributed by atoms with van der Waals surface area (Å²) in [6.07, 6.45) is 3.75. The van der Waals surface area contributed by atoms with Gasteiger partial charge in [-0.3, -0.25) is 9.52 Å². The van der Waals surface area contributed by atoms with Crippen molar-refractivity contribution >= 4 is 27.3 Å². The Morgan fingerprint density at radius 3 is 2.24 bits per heavy atom. The van der Waals surface area contributed by atoms with E-state index in [2.05, 4.69) is 27.1 Å². The molecule has 1 amide bonds. The van der Waals surface area contributed by atoms with Crippen molar-refractivity contribution in [1.82, 2.24) is 5.32 Å². The Kier molecular flexibility index (Phi) is 7.22. The molecule has 1 fully saturated rings. The minimum atomic E-state index is -3.83. The minimum Gasteiger partial charge on any atom is -0.372 e. The van der Waals surface area contributed by atoms with E-state index in [1.807, 2.05) is 31.2 Å². The van der Waals surface area contributed by atoms with Crippen LogP contribution in [-0.4, -0.2) is 27.4 Å². The molecule has 1 heterocycles. The van der Waals surface area contributed by atoms with Crippen LogP contribution in [-0.2, 0) is 16.6 Å². The third-order valence-electron chi connectivity index (χ3n) is 6.15. The number of amides is 1. The van der Waals surface area contributed by atoms with Crippen LogP contribution in [0.1, 0.15) is 46.3 Å². The largest absolute Gasteiger partial charge is 0.372 e. The number of anilines is 2. The maximum atomic E-state index is 13.0. The summed E-state index contributed by atoms with van der Waals surface area (Å²) in [6.45, 7) is 6.21. The summed E-state index contributed by atoms with van der Waals surface area (Å²) >= 11 is 0. The topological polar surface area (TPSA) is 78.5 Å². The van der Waals surface area contributed by atoms with Crippen molar-refractivity contribution in [1.29, 1.82) is 0 Å². The van der Waals surface area contributed by atoms with E-state index in [0.29, 0.717) is 23.4 Å². The Balaban J connectivity index is 1.42. The van der Waals surface area contributed by atoms with Crippen LogP contribution in [0.4, 0.5) is 11.4 Å². The Bertz CT molecular complexity index is 1250. The molecule has 3 aromatic carbocycles. The van der Waals surface area contributed by atoms with Gasteiger partial charge in [0.25, 0.3) is 15.9 Å². The van der Waals surface area contributed by atoms with Gasteiger partial charge in [-0.15, -0.1) is 0 Å². The van der Waals surface area contributed by atoms with E-state index < -0.39 is 10.0 Å². The highest BCUT2D eigenvalue weighted by Crippen LogP contribution is 2.22. The third-order valence-corrected chi connectivity index (χ3v) is 7.68. The number of hydrogen-bond donors (Lipinski definition) is 2. The number of nitrogens with one attached hydrogen (secondary N) is 2. The molecule has 7 heteroatoms. The highest BCUT2D eigenvalue weighted by molar-refractivity contribution is 7.92. The van der Waals surface area contributed by atoms with E-state index >= 15 is 0 Å². The number of hydrogen-bond acceptors (Lipinski definition) is 4. The Morgan fingerprint density at radius 2 is 1.56 bits per heavy atom. The number of sulfonamides is 1. The summed E-state index contributed by atoms with van der Waals surface area (Å²) in [5.74, 6) is -0.313. The molecule has 0 radical (unpaired) electrons. The fourth-order valence-corrected chi connectivity index (χ4v) is 5.45. The Labute approximate surface area is 202 Å². The van der Waals surface area contributed by atoms with Crippen LogP contribution in [0.5, 0.6) is 0 Å². The third kappa shape index (κ3) is 5.78. The van der Waals surface area contributed by atoms with Crippen molar-refractivity contribution in [2.45, 2.75) is 44.6 Å². The van der Waals surface area contributed by atoms with Crippen molar-refractivity contribution in [3.63, 3.8) is 0 Å². The summed E-state index contributed by atoms with van der Waals surface area (Å²) in [4.78, 5) is 15.3. The highest BCUT2D eigenvalue weighted by Gasteiger charge is 2.19. The van der Waals surface area contributed by atoms with Crippen LogP contribution in [0, 0.1) is 13.8 Å². The lowest BCUT2D eigenvalue weighted by Gasteiger charge is -2.28. The van der Waals surface area contributed by atoms with Gasteiger partial charge in [-0.2, -0.15) is 0 Å². The van der Waals surface area contributed by atoms with Gasteiger partial charge in [0.05, 0.1) is 4.90 Å². The van der Waals surface area contributed by atoms with Crippen LogP contribution in [0.3, 0.4) is 0 Å². The van der Waals surface area contributed by atoms with Crippen molar-refractivity contribution in [2.75, 3.05) is 22.7 Å². The maximum Gasteiger partial charge on any atom is 0.262 e. The van der Waals surface area contributed by atoms with Gasteiger partial charge in [0, 0.05) is 36.6 Å². The molecule has 1 aliphatic rings. The molecular weight excluding hydrogens is 446 g/mol. The first kappa shape index (κ1) is 23.8. The van der Waals surface area contributed by atoms with E-state index in [4.69, 9.17) is 0 Å². The fraction of sp³-hybridized carbons (Fsp3) is 0.296. The number of benzene rings is 3. The van der Waals surface area contributed by atoms with E-state index in [-0.39, 0.29) is 10.8 Å². The van der Waals surface area contributed by atoms with Crippen molar-refractivity contribution in [2.24, 2.45) is 0 Å². The Hall–Kier alpha value is -3.32. The molecule has 0 atom stereocenters. The Morgan fingerprint density at radius 1 is 0.882 bits per heavy atom.